The molecule has 0 atom stereocenters. The Balaban J connectivity index is 2.77. The van der Waals surface area contributed by atoms with Crippen LogP contribution in [0.25, 0.3) is 0 Å². The second kappa shape index (κ2) is 7.42. The van der Waals surface area contributed by atoms with Crippen molar-refractivity contribution in [3.05, 3.63) is 0 Å². The molecule has 0 aliphatic rings. The van der Waals surface area contributed by atoms with Crippen LogP contribution in [-0.2, 0) is 0 Å². The third kappa shape index (κ3) is 8.31. The van der Waals surface area contributed by atoms with Gasteiger partial charge in [0.15, 0.2) is 0 Å². The molecule has 0 spiro atoms. The molecule has 0 saturated carbocycles. The van der Waals surface area contributed by atoms with Crippen molar-refractivity contribution in [2.75, 3.05) is 18.6 Å². The first-order valence-corrected chi connectivity index (χ1v) is 5.39. The first-order valence-electron chi connectivity index (χ1n) is 3.99. The molecule has 0 unspecified atom stereocenters. The SMILES string of the molecule is CSCCCCNC(C)C. The van der Waals surface area contributed by atoms with Gasteiger partial charge in [-0.3, -0.25) is 0 Å². The van der Waals surface area contributed by atoms with Gasteiger partial charge in [-0.2, -0.15) is 11.8 Å². The van der Waals surface area contributed by atoms with Gasteiger partial charge < -0.3 is 5.32 Å². The number of unbranched alkanes of at least 4 members (excludes halogenated alkanes) is 1. The molecule has 0 heterocycles. The van der Waals surface area contributed by atoms with Gasteiger partial charge in [-0.1, -0.05) is 13.8 Å². The van der Waals surface area contributed by atoms with Crippen LogP contribution in [0.3, 0.4) is 0 Å². The van der Waals surface area contributed by atoms with Crippen LogP contribution in [0, 0.1) is 0 Å². The highest BCUT2D eigenvalue weighted by Gasteiger charge is 1.90. The molecule has 0 bridgehead atoms. The summed E-state index contributed by atoms with van der Waals surface area (Å²) in [6.07, 6.45) is 4.83. The van der Waals surface area contributed by atoms with E-state index < -0.39 is 0 Å². The van der Waals surface area contributed by atoms with E-state index in [9.17, 15) is 0 Å². The van der Waals surface area contributed by atoms with Crippen molar-refractivity contribution >= 4 is 11.8 Å². The van der Waals surface area contributed by atoms with Gasteiger partial charge in [0.25, 0.3) is 0 Å². The van der Waals surface area contributed by atoms with Crippen molar-refractivity contribution in [1.29, 1.82) is 0 Å². The van der Waals surface area contributed by atoms with E-state index in [0.29, 0.717) is 6.04 Å². The molecule has 62 valence electrons. The molecule has 2 heteroatoms. The molecular weight excluding hydrogens is 142 g/mol. The van der Waals surface area contributed by atoms with Crippen molar-refractivity contribution in [2.24, 2.45) is 0 Å². The molecule has 1 nitrogen and oxygen atoms in total. The largest absolute Gasteiger partial charge is 0.315 e. The zero-order chi connectivity index (χ0) is 7.82. The minimum absolute atomic E-state index is 0.647. The summed E-state index contributed by atoms with van der Waals surface area (Å²) in [6.45, 7) is 5.56. The van der Waals surface area contributed by atoms with Crippen molar-refractivity contribution in [1.82, 2.24) is 5.32 Å². The monoisotopic (exact) mass is 161 g/mol. The van der Waals surface area contributed by atoms with E-state index in [2.05, 4.69) is 25.4 Å². The van der Waals surface area contributed by atoms with E-state index in [4.69, 9.17) is 0 Å². The maximum Gasteiger partial charge on any atom is 0.00103 e. The van der Waals surface area contributed by atoms with E-state index in [1.54, 1.807) is 0 Å². The third-order valence-corrected chi connectivity index (χ3v) is 2.02. The average Bonchev–Trinajstić information content (AvgIpc) is 1.87. The smallest absolute Gasteiger partial charge is 0.00103 e. The van der Waals surface area contributed by atoms with Crippen LogP contribution in [0.4, 0.5) is 0 Å². The highest BCUT2D eigenvalue weighted by atomic mass is 32.2. The normalized spacial score (nSPS) is 10.8. The van der Waals surface area contributed by atoms with Crippen LogP contribution in [0.15, 0.2) is 0 Å². The number of rotatable bonds is 6. The molecule has 0 fully saturated rings. The molecule has 0 aromatic carbocycles. The van der Waals surface area contributed by atoms with Gasteiger partial charge in [-0.05, 0) is 31.4 Å². The van der Waals surface area contributed by atoms with E-state index in [-0.39, 0.29) is 0 Å². The summed E-state index contributed by atoms with van der Waals surface area (Å²) in [6, 6.07) is 0.647. The number of hydrogen-bond acceptors (Lipinski definition) is 2. The molecule has 0 amide bonds. The topological polar surface area (TPSA) is 12.0 Å². The number of thioether (sulfide) groups is 1. The molecule has 0 aromatic rings. The number of hydrogen-bond donors (Lipinski definition) is 1. The highest BCUT2D eigenvalue weighted by Crippen LogP contribution is 1.97. The van der Waals surface area contributed by atoms with Crippen LogP contribution in [0.5, 0.6) is 0 Å². The Morgan fingerprint density at radius 1 is 1.30 bits per heavy atom. The van der Waals surface area contributed by atoms with E-state index in [1.165, 1.54) is 25.1 Å². The predicted molar refractivity (Wildman–Crippen MR) is 50.8 cm³/mol. The Kier molecular flexibility index (Phi) is 7.65. The molecule has 0 aliphatic carbocycles. The van der Waals surface area contributed by atoms with Gasteiger partial charge in [0.05, 0.1) is 0 Å². The van der Waals surface area contributed by atoms with E-state index >= 15 is 0 Å². The van der Waals surface area contributed by atoms with E-state index in [0.717, 1.165) is 0 Å². The second-order valence-electron chi connectivity index (χ2n) is 2.81. The van der Waals surface area contributed by atoms with Crippen molar-refractivity contribution in [3.63, 3.8) is 0 Å². The first kappa shape index (κ1) is 10.3. The summed E-state index contributed by atoms with van der Waals surface area (Å²) in [4.78, 5) is 0. The molecule has 0 saturated heterocycles. The Bertz CT molecular complexity index is 64.3. The lowest BCUT2D eigenvalue weighted by Crippen LogP contribution is -2.23. The zero-order valence-corrected chi connectivity index (χ0v) is 8.13. The van der Waals surface area contributed by atoms with E-state index in [1.807, 2.05) is 11.8 Å². The summed E-state index contributed by atoms with van der Waals surface area (Å²) in [5, 5.41) is 3.40. The standard InChI is InChI=1S/C8H19NS/c1-8(2)9-6-4-5-7-10-3/h8-9H,4-7H2,1-3H3. The molecule has 1 N–H and O–H groups in total. The molecule has 0 rings (SSSR count). The van der Waals surface area contributed by atoms with Gasteiger partial charge in [-0.15, -0.1) is 0 Å². The summed E-state index contributed by atoms with van der Waals surface area (Å²) >= 11 is 1.93. The van der Waals surface area contributed by atoms with Crippen molar-refractivity contribution in [3.8, 4) is 0 Å². The zero-order valence-electron chi connectivity index (χ0n) is 7.31. The number of nitrogens with one attached hydrogen (secondary N) is 1. The van der Waals surface area contributed by atoms with Gasteiger partial charge in [0, 0.05) is 6.04 Å². The molecule has 0 aliphatic heterocycles. The van der Waals surface area contributed by atoms with Crippen LogP contribution < -0.4 is 5.32 Å². The summed E-state index contributed by atoms with van der Waals surface area (Å²) in [7, 11) is 0. The van der Waals surface area contributed by atoms with Crippen molar-refractivity contribution in [2.45, 2.75) is 32.7 Å². The Hall–Kier alpha value is 0.310. The second-order valence-corrected chi connectivity index (χ2v) is 3.79. The van der Waals surface area contributed by atoms with Crippen LogP contribution in [-0.4, -0.2) is 24.6 Å². The maximum atomic E-state index is 3.40. The molecular formula is C8H19NS. The fraction of sp³-hybridized carbons (Fsp3) is 1.00. The minimum Gasteiger partial charge on any atom is -0.315 e. The average molecular weight is 161 g/mol. The highest BCUT2D eigenvalue weighted by molar-refractivity contribution is 7.98. The van der Waals surface area contributed by atoms with Gasteiger partial charge in [0.1, 0.15) is 0 Å². The lowest BCUT2D eigenvalue weighted by Gasteiger charge is -2.06. The van der Waals surface area contributed by atoms with Crippen LogP contribution >= 0.6 is 11.8 Å². The summed E-state index contributed by atoms with van der Waals surface area (Å²) in [5.74, 6) is 1.31. The quantitative estimate of drug-likeness (QED) is 0.599. The lowest BCUT2D eigenvalue weighted by atomic mass is 10.3. The lowest BCUT2D eigenvalue weighted by molar-refractivity contribution is 0.567. The van der Waals surface area contributed by atoms with Gasteiger partial charge in [-0.25, -0.2) is 0 Å². The summed E-state index contributed by atoms with van der Waals surface area (Å²) in [5.41, 5.74) is 0. The fourth-order valence-corrected chi connectivity index (χ4v) is 1.25. The fourth-order valence-electron chi connectivity index (χ4n) is 0.762. The Morgan fingerprint density at radius 3 is 2.50 bits per heavy atom. The first-order chi connectivity index (χ1) is 4.77. The predicted octanol–water partition coefficient (Wildman–Crippen LogP) is 2.13. The van der Waals surface area contributed by atoms with Crippen LogP contribution in [0.1, 0.15) is 26.7 Å². The molecule has 0 radical (unpaired) electrons. The maximum absolute atomic E-state index is 3.40. The van der Waals surface area contributed by atoms with Gasteiger partial charge in [0.2, 0.25) is 0 Å². The minimum atomic E-state index is 0.647. The third-order valence-electron chi connectivity index (χ3n) is 1.33. The van der Waals surface area contributed by atoms with Crippen molar-refractivity contribution < 1.29 is 0 Å². The molecule has 10 heavy (non-hydrogen) atoms. The molecule has 0 aromatic heterocycles. The Morgan fingerprint density at radius 2 is 2.00 bits per heavy atom. The summed E-state index contributed by atoms with van der Waals surface area (Å²) < 4.78 is 0. The Labute approximate surface area is 69.0 Å². The van der Waals surface area contributed by atoms with Crippen LogP contribution in [0.2, 0.25) is 0 Å². The van der Waals surface area contributed by atoms with Gasteiger partial charge >= 0.3 is 0 Å².